The lowest BCUT2D eigenvalue weighted by atomic mass is 10.2. The van der Waals surface area contributed by atoms with Crippen LogP contribution in [0.25, 0.3) is 0 Å². The maximum Gasteiger partial charge on any atom is 0.265 e. The molecule has 0 aliphatic heterocycles. The van der Waals surface area contributed by atoms with Crippen LogP contribution >= 0.6 is 23.2 Å². The number of amides is 2. The molecule has 0 fully saturated rings. The van der Waals surface area contributed by atoms with Crippen LogP contribution in [0.3, 0.4) is 0 Å². The van der Waals surface area contributed by atoms with E-state index in [0.29, 0.717) is 27.8 Å². The summed E-state index contributed by atoms with van der Waals surface area (Å²) in [7, 11) is 0. The van der Waals surface area contributed by atoms with Gasteiger partial charge in [0.05, 0.1) is 0 Å². The van der Waals surface area contributed by atoms with Crippen molar-refractivity contribution in [1.29, 1.82) is 0 Å². The zero-order valence-corrected chi connectivity index (χ0v) is 16.9. The third-order valence-corrected chi connectivity index (χ3v) is 4.33. The quantitative estimate of drug-likeness (QED) is 0.537. The van der Waals surface area contributed by atoms with Crippen LogP contribution in [-0.2, 0) is 4.79 Å². The Bertz CT molecular complexity index is 1010. The molecular weight excluding hydrogens is 413 g/mol. The lowest BCUT2D eigenvalue weighted by Gasteiger charge is -2.15. The van der Waals surface area contributed by atoms with Crippen molar-refractivity contribution in [1.82, 2.24) is 4.98 Å². The van der Waals surface area contributed by atoms with Gasteiger partial charge in [-0.2, -0.15) is 0 Å². The second-order valence-electron chi connectivity index (χ2n) is 6.08. The van der Waals surface area contributed by atoms with Gasteiger partial charge in [0.15, 0.2) is 6.10 Å². The monoisotopic (exact) mass is 429 g/mol. The minimum Gasteiger partial charge on any atom is -0.481 e. The third kappa shape index (κ3) is 5.94. The summed E-state index contributed by atoms with van der Waals surface area (Å²) in [6.45, 7) is 1.64. The van der Waals surface area contributed by atoms with Crippen LogP contribution in [-0.4, -0.2) is 22.9 Å². The van der Waals surface area contributed by atoms with Gasteiger partial charge in [0.1, 0.15) is 16.7 Å². The first kappa shape index (κ1) is 20.6. The first-order valence-corrected chi connectivity index (χ1v) is 9.43. The minimum atomic E-state index is -0.735. The van der Waals surface area contributed by atoms with E-state index in [1.54, 1.807) is 73.7 Å². The molecule has 3 aromatic rings. The maximum absolute atomic E-state index is 12.3. The SMILES string of the molecule is CC(Oc1ccc(C(=O)Nc2cccc(Cl)n2)cc1)C(=O)Nc1ccc(Cl)cc1. The van der Waals surface area contributed by atoms with Gasteiger partial charge in [-0.3, -0.25) is 9.59 Å². The Labute approximate surface area is 177 Å². The van der Waals surface area contributed by atoms with Crippen molar-refractivity contribution >= 4 is 46.5 Å². The van der Waals surface area contributed by atoms with E-state index in [9.17, 15) is 9.59 Å². The number of nitrogens with zero attached hydrogens (tertiary/aromatic N) is 1. The second kappa shape index (κ2) is 9.41. The normalized spacial score (nSPS) is 11.4. The molecule has 6 nitrogen and oxygen atoms in total. The lowest BCUT2D eigenvalue weighted by molar-refractivity contribution is -0.122. The van der Waals surface area contributed by atoms with E-state index in [1.807, 2.05) is 0 Å². The lowest BCUT2D eigenvalue weighted by Crippen LogP contribution is -2.30. The van der Waals surface area contributed by atoms with Crippen molar-refractivity contribution in [2.24, 2.45) is 0 Å². The molecule has 0 saturated heterocycles. The van der Waals surface area contributed by atoms with Gasteiger partial charge in [0.25, 0.3) is 11.8 Å². The fourth-order valence-corrected chi connectivity index (χ4v) is 2.68. The van der Waals surface area contributed by atoms with Crippen LogP contribution in [0.2, 0.25) is 10.2 Å². The summed E-state index contributed by atoms with van der Waals surface area (Å²) < 4.78 is 5.64. The number of nitrogens with one attached hydrogen (secondary N) is 2. The van der Waals surface area contributed by atoms with E-state index < -0.39 is 6.10 Å². The molecule has 0 bridgehead atoms. The second-order valence-corrected chi connectivity index (χ2v) is 6.90. The van der Waals surface area contributed by atoms with E-state index in [-0.39, 0.29) is 17.0 Å². The van der Waals surface area contributed by atoms with E-state index >= 15 is 0 Å². The van der Waals surface area contributed by atoms with Gasteiger partial charge in [0.2, 0.25) is 0 Å². The third-order valence-electron chi connectivity index (χ3n) is 3.87. The number of carbonyl (C=O) groups excluding carboxylic acids is 2. The number of anilines is 2. The fraction of sp³-hybridized carbons (Fsp3) is 0.0952. The fourth-order valence-electron chi connectivity index (χ4n) is 2.39. The first-order valence-electron chi connectivity index (χ1n) is 8.68. The molecule has 3 rings (SSSR count). The number of halogens is 2. The zero-order chi connectivity index (χ0) is 20.8. The van der Waals surface area contributed by atoms with Crippen molar-refractivity contribution in [3.8, 4) is 5.75 Å². The maximum atomic E-state index is 12.3. The number of pyridine rings is 1. The van der Waals surface area contributed by atoms with Gasteiger partial charge in [-0.25, -0.2) is 4.98 Å². The molecule has 8 heteroatoms. The minimum absolute atomic E-state index is 0.289. The van der Waals surface area contributed by atoms with Crippen LogP contribution in [0.4, 0.5) is 11.5 Å². The van der Waals surface area contributed by atoms with Crippen LogP contribution in [0.1, 0.15) is 17.3 Å². The molecule has 0 aliphatic carbocycles. The van der Waals surface area contributed by atoms with Gasteiger partial charge in [-0.15, -0.1) is 0 Å². The Morgan fingerprint density at radius 2 is 1.62 bits per heavy atom. The molecule has 148 valence electrons. The molecule has 0 radical (unpaired) electrons. The van der Waals surface area contributed by atoms with Crippen LogP contribution < -0.4 is 15.4 Å². The molecule has 2 N–H and O–H groups in total. The summed E-state index contributed by atoms with van der Waals surface area (Å²) in [6, 6.07) is 18.2. The number of hydrogen-bond acceptors (Lipinski definition) is 4. The Morgan fingerprint density at radius 1 is 0.931 bits per heavy atom. The largest absolute Gasteiger partial charge is 0.481 e. The smallest absolute Gasteiger partial charge is 0.265 e. The number of hydrogen-bond donors (Lipinski definition) is 2. The standard InChI is InChI=1S/C21H17Cl2N3O3/c1-13(20(27)24-16-9-7-15(22)8-10-16)29-17-11-5-14(6-12-17)21(28)26-19-4-2-3-18(23)25-19/h2-13H,1H3,(H,24,27)(H,25,26,28). The van der Waals surface area contributed by atoms with Gasteiger partial charge in [-0.1, -0.05) is 29.3 Å². The van der Waals surface area contributed by atoms with Gasteiger partial charge in [0, 0.05) is 16.3 Å². The number of aromatic nitrogens is 1. The average molecular weight is 430 g/mol. The predicted octanol–water partition coefficient (Wildman–Crippen LogP) is 5.05. The molecular formula is C21H17Cl2N3O3. The zero-order valence-electron chi connectivity index (χ0n) is 15.4. The van der Waals surface area contributed by atoms with Crippen molar-refractivity contribution in [3.63, 3.8) is 0 Å². The predicted molar refractivity (Wildman–Crippen MR) is 114 cm³/mol. The van der Waals surface area contributed by atoms with Crippen molar-refractivity contribution in [3.05, 3.63) is 82.5 Å². The van der Waals surface area contributed by atoms with E-state index in [2.05, 4.69) is 15.6 Å². The topological polar surface area (TPSA) is 80.3 Å². The van der Waals surface area contributed by atoms with Crippen molar-refractivity contribution in [2.75, 3.05) is 10.6 Å². The highest BCUT2D eigenvalue weighted by atomic mass is 35.5. The summed E-state index contributed by atoms with van der Waals surface area (Å²) in [5.41, 5.74) is 1.04. The summed E-state index contributed by atoms with van der Waals surface area (Å²) in [6.07, 6.45) is -0.735. The van der Waals surface area contributed by atoms with E-state index in [4.69, 9.17) is 27.9 Å². The highest BCUT2D eigenvalue weighted by molar-refractivity contribution is 6.30. The molecule has 0 spiro atoms. The molecule has 0 aliphatic rings. The first-order chi connectivity index (χ1) is 13.9. The molecule has 0 saturated carbocycles. The summed E-state index contributed by atoms with van der Waals surface area (Å²) in [5.74, 6) is 0.178. The van der Waals surface area contributed by atoms with E-state index in [0.717, 1.165) is 0 Å². The summed E-state index contributed by atoms with van der Waals surface area (Å²) >= 11 is 11.6. The molecule has 1 unspecified atom stereocenters. The number of carbonyl (C=O) groups is 2. The molecule has 2 amide bonds. The summed E-state index contributed by atoms with van der Waals surface area (Å²) in [4.78, 5) is 28.6. The van der Waals surface area contributed by atoms with Crippen molar-refractivity contribution < 1.29 is 14.3 Å². The highest BCUT2D eigenvalue weighted by Gasteiger charge is 2.15. The van der Waals surface area contributed by atoms with Crippen LogP contribution in [0.5, 0.6) is 5.75 Å². The van der Waals surface area contributed by atoms with Gasteiger partial charge < -0.3 is 15.4 Å². The highest BCUT2D eigenvalue weighted by Crippen LogP contribution is 2.17. The molecule has 1 heterocycles. The average Bonchev–Trinajstić information content (AvgIpc) is 2.70. The van der Waals surface area contributed by atoms with Crippen LogP contribution in [0, 0.1) is 0 Å². The Balaban J connectivity index is 1.57. The number of ether oxygens (including phenoxy) is 1. The molecule has 1 aromatic heterocycles. The Kier molecular flexibility index (Phi) is 6.69. The number of rotatable bonds is 6. The van der Waals surface area contributed by atoms with E-state index in [1.165, 1.54) is 0 Å². The number of benzene rings is 2. The summed E-state index contributed by atoms with van der Waals surface area (Å²) in [5, 5.41) is 6.28. The molecule has 2 aromatic carbocycles. The van der Waals surface area contributed by atoms with Gasteiger partial charge >= 0.3 is 0 Å². The van der Waals surface area contributed by atoms with Gasteiger partial charge in [-0.05, 0) is 67.6 Å². The molecule has 1 atom stereocenters. The van der Waals surface area contributed by atoms with Crippen LogP contribution in [0.15, 0.2) is 66.7 Å². The molecule has 29 heavy (non-hydrogen) atoms. The van der Waals surface area contributed by atoms with Crippen molar-refractivity contribution in [2.45, 2.75) is 13.0 Å². The Morgan fingerprint density at radius 3 is 2.28 bits per heavy atom. The Hall–Kier alpha value is -3.09.